The first-order valence-electron chi connectivity index (χ1n) is 10.7. The molecule has 0 spiro atoms. The van der Waals surface area contributed by atoms with Crippen molar-refractivity contribution in [1.82, 2.24) is 19.5 Å². The fourth-order valence-electron chi connectivity index (χ4n) is 4.03. The molecule has 0 aliphatic carbocycles. The Morgan fingerprint density at radius 3 is 2.59 bits per heavy atom. The number of hydrogen-bond donors (Lipinski definition) is 1. The lowest BCUT2D eigenvalue weighted by molar-refractivity contribution is 0.0638. The van der Waals surface area contributed by atoms with E-state index in [2.05, 4.69) is 10.1 Å². The fourth-order valence-corrected chi connectivity index (χ4v) is 4.03. The number of aryl methyl sites for hydroxylation is 1. The topological polar surface area (TPSA) is 87.8 Å². The summed E-state index contributed by atoms with van der Waals surface area (Å²) < 4.78 is 29.9. The van der Waals surface area contributed by atoms with Crippen LogP contribution in [-0.2, 0) is 6.54 Å². The average molecular weight is 464 g/mol. The smallest absolute Gasteiger partial charge is 0.354 e. The van der Waals surface area contributed by atoms with E-state index in [1.807, 2.05) is 12.1 Å². The van der Waals surface area contributed by atoms with Gasteiger partial charge in [0.05, 0.1) is 23.8 Å². The minimum absolute atomic E-state index is 0.0947. The van der Waals surface area contributed by atoms with E-state index >= 15 is 0 Å². The van der Waals surface area contributed by atoms with Crippen molar-refractivity contribution in [2.45, 2.75) is 32.9 Å². The molecule has 7 nitrogen and oxygen atoms in total. The number of carboxylic acid groups (broad SMARTS) is 1. The molecule has 3 heterocycles. The van der Waals surface area contributed by atoms with Crippen LogP contribution in [0.15, 0.2) is 60.8 Å². The number of benzene rings is 1. The molecule has 1 aromatic carbocycles. The van der Waals surface area contributed by atoms with Gasteiger partial charge in [0.25, 0.3) is 5.91 Å². The van der Waals surface area contributed by atoms with Crippen LogP contribution in [-0.4, -0.2) is 36.5 Å². The Morgan fingerprint density at radius 1 is 1.12 bits per heavy atom. The van der Waals surface area contributed by atoms with Crippen LogP contribution in [0.25, 0.3) is 5.52 Å². The predicted molar refractivity (Wildman–Crippen MR) is 120 cm³/mol. The molecular weight excluding hydrogens is 442 g/mol. The minimum atomic E-state index is -1.20. The number of hydrogen-bond acceptors (Lipinski definition) is 4. The Bertz CT molecular complexity index is 1390. The van der Waals surface area contributed by atoms with Crippen LogP contribution in [0.4, 0.5) is 8.78 Å². The lowest BCUT2D eigenvalue weighted by atomic mass is 10.0. The van der Waals surface area contributed by atoms with Crippen molar-refractivity contribution in [2.75, 3.05) is 0 Å². The Hall–Kier alpha value is -4.14. The maximum Gasteiger partial charge on any atom is 0.354 e. The van der Waals surface area contributed by atoms with Crippen molar-refractivity contribution >= 4 is 17.4 Å². The second kappa shape index (κ2) is 9.38. The van der Waals surface area contributed by atoms with Gasteiger partial charge in [0, 0.05) is 23.4 Å². The maximum absolute atomic E-state index is 14.8. The van der Waals surface area contributed by atoms with E-state index in [0.717, 1.165) is 17.6 Å². The second-order valence-electron chi connectivity index (χ2n) is 7.85. The number of pyridine rings is 2. The van der Waals surface area contributed by atoms with Gasteiger partial charge >= 0.3 is 5.97 Å². The largest absolute Gasteiger partial charge is 0.477 e. The number of amides is 1. The molecule has 1 amide bonds. The Balaban J connectivity index is 1.82. The zero-order valence-corrected chi connectivity index (χ0v) is 18.6. The molecule has 0 radical (unpaired) electrons. The molecule has 0 aliphatic heterocycles. The first-order chi connectivity index (χ1) is 16.3. The van der Waals surface area contributed by atoms with Gasteiger partial charge in [-0.25, -0.2) is 23.1 Å². The van der Waals surface area contributed by atoms with Gasteiger partial charge < -0.3 is 10.0 Å². The Morgan fingerprint density at radius 2 is 1.91 bits per heavy atom. The lowest BCUT2D eigenvalue weighted by Gasteiger charge is -2.31. The normalized spacial score (nSPS) is 12.0. The number of aromatic carboxylic acids is 1. The molecule has 34 heavy (non-hydrogen) atoms. The third kappa shape index (κ3) is 4.36. The molecule has 9 heteroatoms. The van der Waals surface area contributed by atoms with Crippen LogP contribution in [0.1, 0.15) is 57.2 Å². The van der Waals surface area contributed by atoms with Crippen molar-refractivity contribution in [1.29, 1.82) is 0 Å². The molecule has 0 aliphatic rings. The number of aromatic nitrogens is 3. The maximum atomic E-state index is 14.8. The Kier molecular flexibility index (Phi) is 6.36. The van der Waals surface area contributed by atoms with Gasteiger partial charge in [-0.2, -0.15) is 5.10 Å². The third-order valence-electron chi connectivity index (χ3n) is 5.69. The lowest BCUT2D eigenvalue weighted by Crippen LogP contribution is -2.36. The van der Waals surface area contributed by atoms with Crippen molar-refractivity contribution in [3.8, 4) is 0 Å². The molecule has 0 fully saturated rings. The number of fused-ring (bicyclic) bond motifs is 1. The first-order valence-corrected chi connectivity index (χ1v) is 10.7. The van der Waals surface area contributed by atoms with Gasteiger partial charge in [-0.05, 0) is 43.7 Å². The SMILES string of the molecule is CC[C@H](c1ccc(F)cc1F)N(Cc1cccc(C(=O)O)n1)C(=O)c1nn2ccccc2c1C. The van der Waals surface area contributed by atoms with E-state index in [-0.39, 0.29) is 23.5 Å². The number of carbonyl (C=O) groups excluding carboxylic acids is 1. The number of carbonyl (C=O) groups is 2. The van der Waals surface area contributed by atoms with E-state index in [9.17, 15) is 23.5 Å². The van der Waals surface area contributed by atoms with Crippen LogP contribution in [0.3, 0.4) is 0 Å². The molecule has 0 saturated heterocycles. The van der Waals surface area contributed by atoms with Crippen molar-refractivity contribution in [2.24, 2.45) is 0 Å². The minimum Gasteiger partial charge on any atom is -0.477 e. The highest BCUT2D eigenvalue weighted by molar-refractivity contribution is 5.96. The molecular formula is C25H22F2N4O3. The van der Waals surface area contributed by atoms with E-state index < -0.39 is 29.6 Å². The number of halogens is 2. The van der Waals surface area contributed by atoms with E-state index in [4.69, 9.17) is 0 Å². The Labute approximate surface area is 194 Å². The summed E-state index contributed by atoms with van der Waals surface area (Å²) >= 11 is 0. The quantitative estimate of drug-likeness (QED) is 0.424. The van der Waals surface area contributed by atoms with Gasteiger partial charge in [-0.3, -0.25) is 4.79 Å². The third-order valence-corrected chi connectivity index (χ3v) is 5.69. The number of rotatable bonds is 7. The van der Waals surface area contributed by atoms with Crippen molar-refractivity contribution in [3.63, 3.8) is 0 Å². The molecule has 4 rings (SSSR count). The highest BCUT2D eigenvalue weighted by Gasteiger charge is 2.31. The fraction of sp³-hybridized carbons (Fsp3) is 0.200. The molecule has 4 aromatic rings. The highest BCUT2D eigenvalue weighted by Crippen LogP contribution is 2.31. The predicted octanol–water partition coefficient (Wildman–Crippen LogP) is 4.81. The summed E-state index contributed by atoms with van der Waals surface area (Å²) in [6.45, 7) is 3.46. The summed E-state index contributed by atoms with van der Waals surface area (Å²) in [5.74, 6) is -3.17. The molecule has 1 N–H and O–H groups in total. The monoisotopic (exact) mass is 464 g/mol. The second-order valence-corrected chi connectivity index (χ2v) is 7.85. The van der Waals surface area contributed by atoms with Crippen LogP contribution >= 0.6 is 0 Å². The molecule has 0 bridgehead atoms. The highest BCUT2D eigenvalue weighted by atomic mass is 19.1. The zero-order valence-electron chi connectivity index (χ0n) is 18.6. The van der Waals surface area contributed by atoms with Gasteiger partial charge in [-0.15, -0.1) is 0 Å². The summed E-state index contributed by atoms with van der Waals surface area (Å²) in [6, 6.07) is 12.4. The van der Waals surface area contributed by atoms with Gasteiger partial charge in [0.15, 0.2) is 5.69 Å². The van der Waals surface area contributed by atoms with Gasteiger partial charge in [-0.1, -0.05) is 25.1 Å². The number of nitrogens with zero attached hydrogens (tertiary/aromatic N) is 4. The molecule has 3 aromatic heterocycles. The first kappa shape index (κ1) is 23.0. The van der Waals surface area contributed by atoms with E-state index in [1.165, 1.54) is 23.1 Å². The van der Waals surface area contributed by atoms with E-state index in [1.54, 1.807) is 36.7 Å². The molecule has 174 valence electrons. The number of carboxylic acids is 1. The molecule has 0 saturated carbocycles. The van der Waals surface area contributed by atoms with Crippen LogP contribution in [0.5, 0.6) is 0 Å². The standard InChI is InChI=1S/C25H22F2N4O3/c1-3-21(18-11-10-16(26)13-19(18)27)30(14-17-7-6-8-20(28-17)25(33)34)24(32)23-15(2)22-9-4-5-12-31(22)29-23/h4-13,21H,3,14H2,1-2H3,(H,33,34)/t21-/m1/s1. The zero-order chi connectivity index (χ0) is 24.4. The van der Waals surface area contributed by atoms with Gasteiger partial charge in [0.1, 0.15) is 17.3 Å². The summed E-state index contributed by atoms with van der Waals surface area (Å²) in [5.41, 5.74) is 1.87. The summed E-state index contributed by atoms with van der Waals surface area (Å²) in [5, 5.41) is 13.7. The summed E-state index contributed by atoms with van der Waals surface area (Å²) in [7, 11) is 0. The summed E-state index contributed by atoms with van der Waals surface area (Å²) in [4.78, 5) is 30.7. The summed E-state index contributed by atoms with van der Waals surface area (Å²) in [6.07, 6.45) is 2.04. The van der Waals surface area contributed by atoms with E-state index in [0.29, 0.717) is 17.7 Å². The molecule has 0 unspecified atom stereocenters. The van der Waals surface area contributed by atoms with Gasteiger partial charge in [0.2, 0.25) is 0 Å². The van der Waals surface area contributed by atoms with Crippen LogP contribution in [0.2, 0.25) is 0 Å². The average Bonchev–Trinajstić information content (AvgIpc) is 3.16. The van der Waals surface area contributed by atoms with Crippen molar-refractivity contribution in [3.05, 3.63) is 101 Å². The van der Waals surface area contributed by atoms with Crippen molar-refractivity contribution < 1.29 is 23.5 Å². The van der Waals surface area contributed by atoms with Crippen LogP contribution in [0, 0.1) is 18.6 Å². The van der Waals surface area contributed by atoms with Crippen LogP contribution < -0.4 is 0 Å². The molecule has 1 atom stereocenters.